The molecule has 18 heavy (non-hydrogen) atoms. The van der Waals surface area contributed by atoms with Gasteiger partial charge < -0.3 is 15.2 Å². The summed E-state index contributed by atoms with van der Waals surface area (Å²) in [4.78, 5) is 23.2. The lowest BCUT2D eigenvalue weighted by atomic mass is 10.1. The number of benzene rings is 1. The molecule has 0 radical (unpaired) electrons. The van der Waals surface area contributed by atoms with E-state index in [0.29, 0.717) is 0 Å². The lowest BCUT2D eigenvalue weighted by Gasteiger charge is -2.20. The molecule has 1 aromatic carbocycles. The minimum absolute atomic E-state index is 0.138. The van der Waals surface area contributed by atoms with Crippen LogP contribution in [0.5, 0.6) is 5.75 Å². The first-order valence-corrected chi connectivity index (χ1v) is 5.46. The minimum Gasteiger partial charge on any atom is -0.495 e. The summed E-state index contributed by atoms with van der Waals surface area (Å²) in [5.41, 5.74) is 4.93. The maximum absolute atomic E-state index is 12.0. The van der Waals surface area contributed by atoms with Gasteiger partial charge in [-0.3, -0.25) is 4.79 Å². The number of hydrogen-bond donors (Lipinski definition) is 1. The monoisotopic (exact) mass is 251 g/mol. The second kappa shape index (κ2) is 5.08. The molecule has 0 aliphatic rings. The van der Waals surface area contributed by atoms with Gasteiger partial charge in [-0.1, -0.05) is 6.07 Å². The quantitative estimate of drug-likeness (QED) is 0.830. The van der Waals surface area contributed by atoms with Crippen molar-refractivity contribution in [2.45, 2.75) is 26.4 Å². The van der Waals surface area contributed by atoms with Crippen molar-refractivity contribution in [2.75, 3.05) is 7.11 Å². The molecule has 1 rings (SSSR count). The maximum Gasteiger partial charge on any atom is 0.342 e. The zero-order valence-electron chi connectivity index (χ0n) is 10.9. The molecule has 0 aliphatic heterocycles. The van der Waals surface area contributed by atoms with Crippen molar-refractivity contribution in [3.63, 3.8) is 0 Å². The summed E-state index contributed by atoms with van der Waals surface area (Å²) in [6.07, 6.45) is 0. The van der Waals surface area contributed by atoms with Gasteiger partial charge in [-0.25, -0.2) is 4.79 Å². The molecule has 5 nitrogen and oxygen atoms in total. The number of nitrogens with two attached hydrogens (primary N) is 1. The van der Waals surface area contributed by atoms with Crippen molar-refractivity contribution in [3.05, 3.63) is 29.3 Å². The largest absolute Gasteiger partial charge is 0.495 e. The van der Waals surface area contributed by atoms with Gasteiger partial charge in [0.05, 0.1) is 12.7 Å². The number of para-hydroxylation sites is 1. The molecular formula is C13H17NO4. The van der Waals surface area contributed by atoms with Crippen LogP contribution in [-0.2, 0) is 4.74 Å². The summed E-state index contributed by atoms with van der Waals surface area (Å²) in [6, 6.07) is 4.58. The standard InChI is InChI=1S/C13H17NO4/c1-13(2,3)18-12(16)9-7-5-6-8(11(14)15)10(9)17-4/h5-7H,1-4H3,(H2,14,15). The molecule has 98 valence electrons. The van der Waals surface area contributed by atoms with Crippen molar-refractivity contribution in [3.8, 4) is 5.75 Å². The topological polar surface area (TPSA) is 78.6 Å². The molecule has 0 saturated carbocycles. The van der Waals surface area contributed by atoms with Gasteiger partial charge in [0.1, 0.15) is 16.9 Å². The van der Waals surface area contributed by atoms with Gasteiger partial charge in [-0.05, 0) is 32.9 Å². The van der Waals surface area contributed by atoms with Crippen LogP contribution in [0.4, 0.5) is 0 Å². The Labute approximate surface area is 106 Å². The van der Waals surface area contributed by atoms with Gasteiger partial charge in [0, 0.05) is 0 Å². The smallest absolute Gasteiger partial charge is 0.342 e. The Morgan fingerprint density at radius 1 is 1.17 bits per heavy atom. The number of ether oxygens (including phenoxy) is 2. The fraction of sp³-hybridized carbons (Fsp3) is 0.385. The lowest BCUT2D eigenvalue weighted by molar-refractivity contribution is 0.00665. The van der Waals surface area contributed by atoms with E-state index in [2.05, 4.69) is 0 Å². The first-order valence-electron chi connectivity index (χ1n) is 5.46. The van der Waals surface area contributed by atoms with E-state index in [0.717, 1.165) is 0 Å². The zero-order valence-corrected chi connectivity index (χ0v) is 10.9. The van der Waals surface area contributed by atoms with Gasteiger partial charge in [-0.2, -0.15) is 0 Å². The Morgan fingerprint density at radius 3 is 2.17 bits per heavy atom. The molecule has 0 aromatic heterocycles. The van der Waals surface area contributed by atoms with Gasteiger partial charge in [-0.15, -0.1) is 0 Å². The van der Waals surface area contributed by atoms with Crippen LogP contribution in [0.3, 0.4) is 0 Å². The first kappa shape index (κ1) is 14.0. The van der Waals surface area contributed by atoms with Crippen molar-refractivity contribution in [1.82, 2.24) is 0 Å². The van der Waals surface area contributed by atoms with Crippen LogP contribution >= 0.6 is 0 Å². The molecule has 0 atom stereocenters. The zero-order chi connectivity index (χ0) is 13.9. The van der Waals surface area contributed by atoms with Crippen LogP contribution in [0.15, 0.2) is 18.2 Å². The summed E-state index contributed by atoms with van der Waals surface area (Å²) < 4.78 is 10.3. The number of rotatable bonds is 3. The summed E-state index contributed by atoms with van der Waals surface area (Å²) >= 11 is 0. The number of hydrogen-bond acceptors (Lipinski definition) is 4. The Balaban J connectivity index is 3.21. The maximum atomic E-state index is 12.0. The van der Waals surface area contributed by atoms with E-state index in [4.69, 9.17) is 15.2 Å². The number of carbonyl (C=O) groups excluding carboxylic acids is 2. The van der Waals surface area contributed by atoms with Crippen LogP contribution in [0.2, 0.25) is 0 Å². The van der Waals surface area contributed by atoms with Crippen LogP contribution in [0, 0.1) is 0 Å². The molecule has 0 fully saturated rings. The minimum atomic E-state index is -0.655. The molecule has 0 saturated heterocycles. The lowest BCUT2D eigenvalue weighted by Crippen LogP contribution is -2.24. The molecule has 0 heterocycles. The summed E-state index contributed by atoms with van der Waals surface area (Å²) in [5, 5.41) is 0. The summed E-state index contributed by atoms with van der Waals surface area (Å²) in [5.74, 6) is -1.07. The van der Waals surface area contributed by atoms with E-state index < -0.39 is 17.5 Å². The van der Waals surface area contributed by atoms with E-state index in [1.807, 2.05) is 0 Å². The highest BCUT2D eigenvalue weighted by atomic mass is 16.6. The summed E-state index contributed by atoms with van der Waals surface area (Å²) in [7, 11) is 1.37. The second-order valence-electron chi connectivity index (χ2n) is 4.75. The van der Waals surface area contributed by atoms with Gasteiger partial charge in [0.25, 0.3) is 5.91 Å². The second-order valence-corrected chi connectivity index (χ2v) is 4.75. The molecule has 2 N–H and O–H groups in total. The van der Waals surface area contributed by atoms with Gasteiger partial charge in [0.2, 0.25) is 0 Å². The number of carbonyl (C=O) groups is 2. The number of methoxy groups -OCH3 is 1. The highest BCUT2D eigenvalue weighted by Gasteiger charge is 2.23. The van der Waals surface area contributed by atoms with Crippen LogP contribution in [0.1, 0.15) is 41.5 Å². The van der Waals surface area contributed by atoms with E-state index in [1.54, 1.807) is 26.8 Å². The molecule has 0 aliphatic carbocycles. The third-order valence-electron chi connectivity index (χ3n) is 2.10. The van der Waals surface area contributed by atoms with Crippen molar-refractivity contribution in [1.29, 1.82) is 0 Å². The van der Waals surface area contributed by atoms with E-state index in [1.165, 1.54) is 19.2 Å². The average molecular weight is 251 g/mol. The first-order chi connectivity index (χ1) is 8.26. The van der Waals surface area contributed by atoms with Crippen molar-refractivity contribution in [2.24, 2.45) is 5.73 Å². The highest BCUT2D eigenvalue weighted by molar-refractivity contribution is 6.01. The van der Waals surface area contributed by atoms with Crippen molar-refractivity contribution < 1.29 is 19.1 Å². The third kappa shape index (κ3) is 3.23. The number of primary amides is 1. The number of esters is 1. The molecule has 0 spiro atoms. The average Bonchev–Trinajstić information content (AvgIpc) is 2.25. The predicted molar refractivity (Wildman–Crippen MR) is 66.7 cm³/mol. The van der Waals surface area contributed by atoms with Gasteiger partial charge in [0.15, 0.2) is 0 Å². The Hall–Kier alpha value is -2.04. The SMILES string of the molecule is COc1c(C(N)=O)cccc1C(=O)OC(C)(C)C. The molecular weight excluding hydrogens is 234 g/mol. The third-order valence-corrected chi connectivity index (χ3v) is 2.10. The molecule has 0 unspecified atom stereocenters. The molecule has 1 aromatic rings. The van der Waals surface area contributed by atoms with E-state index >= 15 is 0 Å². The van der Waals surface area contributed by atoms with Crippen LogP contribution in [0.25, 0.3) is 0 Å². The fourth-order valence-electron chi connectivity index (χ4n) is 1.44. The predicted octanol–water partition coefficient (Wildman–Crippen LogP) is 1.75. The van der Waals surface area contributed by atoms with Crippen LogP contribution < -0.4 is 10.5 Å². The normalized spacial score (nSPS) is 10.9. The Bertz CT molecular complexity index is 474. The Morgan fingerprint density at radius 2 is 1.72 bits per heavy atom. The van der Waals surface area contributed by atoms with E-state index in [-0.39, 0.29) is 16.9 Å². The van der Waals surface area contributed by atoms with Crippen LogP contribution in [-0.4, -0.2) is 24.6 Å². The highest BCUT2D eigenvalue weighted by Crippen LogP contribution is 2.25. The Kier molecular flexibility index (Phi) is 3.96. The van der Waals surface area contributed by atoms with E-state index in [9.17, 15) is 9.59 Å². The van der Waals surface area contributed by atoms with Crippen molar-refractivity contribution >= 4 is 11.9 Å². The number of amides is 1. The van der Waals surface area contributed by atoms with Gasteiger partial charge >= 0.3 is 5.97 Å². The molecule has 0 bridgehead atoms. The fourth-order valence-corrected chi connectivity index (χ4v) is 1.44. The summed E-state index contributed by atoms with van der Waals surface area (Å²) in [6.45, 7) is 5.28. The molecule has 5 heteroatoms. The molecule has 1 amide bonds.